The fourth-order valence-electron chi connectivity index (χ4n) is 2.13. The molecule has 4 amide bonds. The Hall–Kier alpha value is -2.55. The number of halogens is 2. The van der Waals surface area contributed by atoms with Crippen molar-refractivity contribution in [1.29, 1.82) is 0 Å². The van der Waals surface area contributed by atoms with Gasteiger partial charge in [0.2, 0.25) is 0 Å². The SMILES string of the molecule is C[C@@H](CCCN=C(N)NC(N)=O)N(C)C(=O)NCc1cccc(F)c1Cl. The molecular weight excluding hydrogens is 363 g/mol. The Labute approximate surface area is 156 Å². The van der Waals surface area contributed by atoms with E-state index in [2.05, 4.69) is 15.6 Å². The second-order valence-electron chi connectivity index (χ2n) is 5.73. The van der Waals surface area contributed by atoms with Crippen LogP contribution in [0.4, 0.5) is 14.0 Å². The molecule has 0 saturated carbocycles. The summed E-state index contributed by atoms with van der Waals surface area (Å²) in [4.78, 5) is 28.3. The quantitative estimate of drug-likeness (QED) is 0.324. The van der Waals surface area contributed by atoms with E-state index in [9.17, 15) is 14.0 Å². The fraction of sp³-hybridized carbons (Fsp3) is 0.438. The number of nitrogens with two attached hydrogens (primary N) is 2. The maximum absolute atomic E-state index is 13.4. The first-order valence-electron chi connectivity index (χ1n) is 8.02. The molecule has 0 bridgehead atoms. The van der Waals surface area contributed by atoms with Gasteiger partial charge in [0.1, 0.15) is 5.82 Å². The second-order valence-corrected chi connectivity index (χ2v) is 6.11. The average molecular weight is 387 g/mol. The molecule has 0 unspecified atom stereocenters. The monoisotopic (exact) mass is 386 g/mol. The zero-order valence-electron chi connectivity index (χ0n) is 14.8. The van der Waals surface area contributed by atoms with Crippen LogP contribution in [0.5, 0.6) is 0 Å². The maximum atomic E-state index is 13.4. The third kappa shape index (κ3) is 7.14. The standard InChI is InChI=1S/C16H24ClFN6O2/c1-10(5-4-8-21-14(19)23-15(20)25)24(2)16(26)22-9-11-6-3-7-12(18)13(11)17/h3,6-7,10H,4-5,8-9H2,1-2H3,(H,22,26)(H5,19,20,21,23,25)/t10-/m0/s1. The molecule has 0 fully saturated rings. The highest BCUT2D eigenvalue weighted by Crippen LogP contribution is 2.19. The van der Waals surface area contributed by atoms with Gasteiger partial charge in [-0.15, -0.1) is 0 Å². The highest BCUT2D eigenvalue weighted by molar-refractivity contribution is 6.31. The largest absolute Gasteiger partial charge is 0.370 e. The topological polar surface area (TPSA) is 126 Å². The van der Waals surface area contributed by atoms with Crippen molar-refractivity contribution in [2.24, 2.45) is 16.5 Å². The van der Waals surface area contributed by atoms with Crippen LogP contribution in [0.15, 0.2) is 23.2 Å². The van der Waals surface area contributed by atoms with Crippen LogP contribution in [0.1, 0.15) is 25.3 Å². The lowest BCUT2D eigenvalue weighted by Crippen LogP contribution is -2.42. The lowest BCUT2D eigenvalue weighted by Gasteiger charge is -2.25. The molecule has 1 aromatic carbocycles. The van der Waals surface area contributed by atoms with E-state index < -0.39 is 11.8 Å². The van der Waals surface area contributed by atoms with Crippen LogP contribution in [0.3, 0.4) is 0 Å². The molecule has 0 saturated heterocycles. The van der Waals surface area contributed by atoms with Crippen molar-refractivity contribution in [1.82, 2.24) is 15.5 Å². The van der Waals surface area contributed by atoms with Gasteiger partial charge in [-0.05, 0) is 31.4 Å². The Bertz CT molecular complexity index is 670. The summed E-state index contributed by atoms with van der Waals surface area (Å²) in [6.07, 6.45) is 1.34. The molecule has 0 spiro atoms. The first-order chi connectivity index (χ1) is 12.2. The minimum absolute atomic E-state index is 0.00326. The van der Waals surface area contributed by atoms with Crippen LogP contribution in [-0.4, -0.2) is 42.6 Å². The van der Waals surface area contributed by atoms with E-state index in [0.717, 1.165) is 0 Å². The van der Waals surface area contributed by atoms with Crippen molar-refractivity contribution < 1.29 is 14.0 Å². The summed E-state index contributed by atoms with van der Waals surface area (Å²) in [5.74, 6) is -0.561. The molecule has 0 heterocycles. The van der Waals surface area contributed by atoms with Crippen molar-refractivity contribution in [3.63, 3.8) is 0 Å². The van der Waals surface area contributed by atoms with E-state index in [4.69, 9.17) is 23.1 Å². The Kier molecular flexibility index (Phi) is 8.63. The molecule has 1 aromatic rings. The van der Waals surface area contributed by atoms with Crippen LogP contribution >= 0.6 is 11.6 Å². The lowest BCUT2D eigenvalue weighted by atomic mass is 10.1. The zero-order valence-corrected chi connectivity index (χ0v) is 15.5. The number of primary amides is 1. The summed E-state index contributed by atoms with van der Waals surface area (Å²) >= 11 is 5.86. The number of urea groups is 2. The number of nitrogens with zero attached hydrogens (tertiary/aromatic N) is 2. The number of benzene rings is 1. The third-order valence-corrected chi connectivity index (χ3v) is 4.18. The molecule has 0 aliphatic rings. The number of rotatable bonds is 7. The number of guanidine groups is 1. The molecule has 144 valence electrons. The summed E-state index contributed by atoms with van der Waals surface area (Å²) in [6, 6.07) is 3.33. The molecule has 26 heavy (non-hydrogen) atoms. The van der Waals surface area contributed by atoms with Crippen molar-refractivity contribution in [3.8, 4) is 0 Å². The van der Waals surface area contributed by atoms with Crippen LogP contribution < -0.4 is 22.1 Å². The minimum atomic E-state index is -0.769. The van der Waals surface area contributed by atoms with Crippen molar-refractivity contribution >= 4 is 29.6 Å². The van der Waals surface area contributed by atoms with Crippen LogP contribution in [0.2, 0.25) is 5.02 Å². The van der Waals surface area contributed by atoms with Crippen molar-refractivity contribution in [2.75, 3.05) is 13.6 Å². The molecular formula is C16H24ClFN6O2. The highest BCUT2D eigenvalue weighted by atomic mass is 35.5. The van der Waals surface area contributed by atoms with Gasteiger partial charge in [-0.1, -0.05) is 23.7 Å². The van der Waals surface area contributed by atoms with Gasteiger partial charge in [0.15, 0.2) is 5.96 Å². The number of amides is 4. The average Bonchev–Trinajstić information content (AvgIpc) is 2.58. The Morgan fingerprint density at radius 3 is 2.73 bits per heavy atom. The third-order valence-electron chi connectivity index (χ3n) is 3.76. The predicted octanol–water partition coefficient (Wildman–Crippen LogP) is 1.77. The number of nitrogens with one attached hydrogen (secondary N) is 2. The first kappa shape index (κ1) is 21.5. The van der Waals surface area contributed by atoms with E-state index in [0.29, 0.717) is 24.9 Å². The lowest BCUT2D eigenvalue weighted by molar-refractivity contribution is 0.190. The number of carbonyl (C=O) groups is 2. The van der Waals surface area contributed by atoms with Gasteiger partial charge < -0.3 is 21.7 Å². The first-order valence-corrected chi connectivity index (χ1v) is 8.40. The predicted molar refractivity (Wildman–Crippen MR) is 99.3 cm³/mol. The molecule has 0 aliphatic heterocycles. The summed E-state index contributed by atoms with van der Waals surface area (Å²) in [7, 11) is 1.67. The smallest absolute Gasteiger partial charge is 0.318 e. The van der Waals surface area contributed by atoms with Crippen LogP contribution in [0.25, 0.3) is 0 Å². The van der Waals surface area contributed by atoms with Crippen LogP contribution in [0, 0.1) is 5.82 Å². The van der Waals surface area contributed by atoms with Gasteiger partial charge in [-0.25, -0.2) is 14.0 Å². The second kappa shape index (κ2) is 10.4. The maximum Gasteiger partial charge on any atom is 0.318 e. The molecule has 8 nitrogen and oxygen atoms in total. The van der Waals surface area contributed by atoms with Gasteiger partial charge >= 0.3 is 12.1 Å². The minimum Gasteiger partial charge on any atom is -0.370 e. The molecule has 0 aliphatic carbocycles. The summed E-state index contributed by atoms with van der Waals surface area (Å²) < 4.78 is 13.4. The number of carbonyl (C=O) groups excluding carboxylic acids is 2. The summed E-state index contributed by atoms with van der Waals surface area (Å²) in [5, 5.41) is 4.88. The van der Waals surface area contributed by atoms with Crippen molar-refractivity contribution in [3.05, 3.63) is 34.6 Å². The van der Waals surface area contributed by atoms with Gasteiger partial charge in [0.05, 0.1) is 5.02 Å². The van der Waals surface area contributed by atoms with E-state index in [-0.39, 0.29) is 29.6 Å². The molecule has 0 radical (unpaired) electrons. The highest BCUT2D eigenvalue weighted by Gasteiger charge is 2.16. The Morgan fingerprint density at radius 2 is 2.08 bits per heavy atom. The molecule has 6 N–H and O–H groups in total. The number of aliphatic imine (C=N–C) groups is 1. The Morgan fingerprint density at radius 1 is 1.38 bits per heavy atom. The van der Waals surface area contributed by atoms with Gasteiger partial charge in [-0.3, -0.25) is 10.3 Å². The molecule has 1 rings (SSSR count). The van der Waals surface area contributed by atoms with E-state index in [1.807, 2.05) is 6.92 Å². The zero-order chi connectivity index (χ0) is 19.7. The van der Waals surface area contributed by atoms with Gasteiger partial charge in [0, 0.05) is 26.2 Å². The molecule has 0 aromatic heterocycles. The van der Waals surface area contributed by atoms with Gasteiger partial charge in [-0.2, -0.15) is 0 Å². The normalized spacial score (nSPS) is 12.4. The van der Waals surface area contributed by atoms with Gasteiger partial charge in [0.25, 0.3) is 0 Å². The van der Waals surface area contributed by atoms with E-state index in [1.54, 1.807) is 18.0 Å². The summed E-state index contributed by atoms with van der Waals surface area (Å²) in [5.41, 5.74) is 10.9. The number of hydrogen-bond donors (Lipinski definition) is 4. The van der Waals surface area contributed by atoms with E-state index >= 15 is 0 Å². The summed E-state index contributed by atoms with van der Waals surface area (Å²) in [6.45, 7) is 2.42. The fourth-order valence-corrected chi connectivity index (χ4v) is 2.32. The van der Waals surface area contributed by atoms with E-state index in [1.165, 1.54) is 12.1 Å². The van der Waals surface area contributed by atoms with Crippen LogP contribution in [-0.2, 0) is 6.54 Å². The molecule has 10 heteroatoms. The van der Waals surface area contributed by atoms with Crippen molar-refractivity contribution in [2.45, 2.75) is 32.4 Å². The Balaban J connectivity index is 2.40. The molecule has 1 atom stereocenters. The number of hydrogen-bond acceptors (Lipinski definition) is 3.